The van der Waals surface area contributed by atoms with Crippen LogP contribution in [-0.2, 0) is 4.79 Å². The number of anilines is 1. The van der Waals surface area contributed by atoms with E-state index < -0.39 is 11.8 Å². The van der Waals surface area contributed by atoms with Gasteiger partial charge in [-0.2, -0.15) is 0 Å². The van der Waals surface area contributed by atoms with Crippen molar-refractivity contribution in [1.82, 2.24) is 0 Å². The van der Waals surface area contributed by atoms with Gasteiger partial charge in [0.15, 0.2) is 11.6 Å². The minimum atomic E-state index is -0.822. The molecule has 0 fully saturated rings. The zero-order valence-electron chi connectivity index (χ0n) is 10.8. The summed E-state index contributed by atoms with van der Waals surface area (Å²) >= 11 is 0. The summed E-state index contributed by atoms with van der Waals surface area (Å²) in [7, 11) is 3.22. The molecule has 100 valence electrons. The largest absolute Gasteiger partial charge is 0.494 e. The van der Waals surface area contributed by atoms with Gasteiger partial charge < -0.3 is 14.7 Å². The first-order valence-corrected chi connectivity index (χ1v) is 5.70. The van der Waals surface area contributed by atoms with Gasteiger partial charge >= 0.3 is 5.97 Å². The smallest absolute Gasteiger partial charge is 0.303 e. The maximum absolute atomic E-state index is 13.5. The third kappa shape index (κ3) is 3.91. The van der Waals surface area contributed by atoms with Crippen LogP contribution >= 0.6 is 0 Å². The molecule has 0 saturated heterocycles. The maximum atomic E-state index is 13.5. The minimum Gasteiger partial charge on any atom is -0.494 e. The number of carbonyl (C=O) groups is 1. The molecule has 0 spiro atoms. The first-order chi connectivity index (χ1) is 8.43. The van der Waals surface area contributed by atoms with Crippen LogP contribution < -0.4 is 9.64 Å². The van der Waals surface area contributed by atoms with Gasteiger partial charge in [0, 0.05) is 31.8 Å². The average molecular weight is 255 g/mol. The molecule has 1 rings (SSSR count). The molecule has 0 heterocycles. The van der Waals surface area contributed by atoms with Crippen LogP contribution in [0.3, 0.4) is 0 Å². The van der Waals surface area contributed by atoms with Crippen molar-refractivity contribution in [2.75, 3.05) is 25.6 Å². The SMILES string of the molecule is COc1ccc(N(C)CC(C)CC(=O)O)cc1F. The number of hydrogen-bond donors (Lipinski definition) is 1. The Hall–Kier alpha value is -1.78. The highest BCUT2D eigenvalue weighted by Gasteiger charge is 2.12. The highest BCUT2D eigenvalue weighted by Crippen LogP contribution is 2.23. The molecule has 0 aliphatic heterocycles. The second kappa shape index (κ2) is 6.23. The van der Waals surface area contributed by atoms with Crippen molar-refractivity contribution >= 4 is 11.7 Å². The first kappa shape index (κ1) is 14.3. The zero-order valence-corrected chi connectivity index (χ0v) is 10.8. The third-order valence-corrected chi connectivity index (χ3v) is 2.68. The molecule has 4 nitrogen and oxygen atoms in total. The van der Waals surface area contributed by atoms with Crippen LogP contribution in [0.4, 0.5) is 10.1 Å². The maximum Gasteiger partial charge on any atom is 0.303 e. The second-order valence-electron chi connectivity index (χ2n) is 4.40. The predicted octanol–water partition coefficient (Wildman–Crippen LogP) is 2.38. The highest BCUT2D eigenvalue weighted by molar-refractivity contribution is 5.67. The van der Waals surface area contributed by atoms with E-state index in [1.54, 1.807) is 19.2 Å². The Morgan fingerprint density at radius 3 is 2.72 bits per heavy atom. The van der Waals surface area contributed by atoms with Gasteiger partial charge in [0.05, 0.1) is 7.11 Å². The molecule has 0 aliphatic carbocycles. The van der Waals surface area contributed by atoms with E-state index in [0.29, 0.717) is 12.2 Å². The molecule has 1 aromatic rings. The van der Waals surface area contributed by atoms with Crippen molar-refractivity contribution in [3.05, 3.63) is 24.0 Å². The summed E-state index contributed by atoms with van der Waals surface area (Å²) in [5.41, 5.74) is 0.700. The molecule has 0 aromatic heterocycles. The number of nitrogens with zero attached hydrogens (tertiary/aromatic N) is 1. The molecule has 0 radical (unpaired) electrons. The molecular weight excluding hydrogens is 237 g/mol. The second-order valence-corrected chi connectivity index (χ2v) is 4.40. The predicted molar refractivity (Wildman–Crippen MR) is 67.6 cm³/mol. The van der Waals surface area contributed by atoms with Crippen molar-refractivity contribution in [3.63, 3.8) is 0 Å². The monoisotopic (exact) mass is 255 g/mol. The Balaban J connectivity index is 2.69. The molecule has 1 aromatic carbocycles. The quantitative estimate of drug-likeness (QED) is 0.848. The fourth-order valence-corrected chi connectivity index (χ4v) is 1.83. The van der Waals surface area contributed by atoms with Crippen molar-refractivity contribution in [3.8, 4) is 5.75 Å². The molecule has 5 heteroatoms. The van der Waals surface area contributed by atoms with Crippen LogP contribution in [0.2, 0.25) is 0 Å². The lowest BCUT2D eigenvalue weighted by Gasteiger charge is -2.23. The Kier molecular flexibility index (Phi) is 4.95. The van der Waals surface area contributed by atoms with Gasteiger partial charge in [0.1, 0.15) is 0 Å². The number of ether oxygens (including phenoxy) is 1. The number of halogens is 1. The van der Waals surface area contributed by atoms with E-state index >= 15 is 0 Å². The molecule has 1 atom stereocenters. The molecule has 1 N–H and O–H groups in total. The average Bonchev–Trinajstić information content (AvgIpc) is 2.27. The van der Waals surface area contributed by atoms with Gasteiger partial charge in [-0.3, -0.25) is 4.79 Å². The van der Waals surface area contributed by atoms with E-state index in [9.17, 15) is 9.18 Å². The number of benzene rings is 1. The topological polar surface area (TPSA) is 49.8 Å². The van der Waals surface area contributed by atoms with Crippen molar-refractivity contribution in [2.45, 2.75) is 13.3 Å². The van der Waals surface area contributed by atoms with Crippen molar-refractivity contribution < 1.29 is 19.0 Å². The fourth-order valence-electron chi connectivity index (χ4n) is 1.83. The van der Waals surface area contributed by atoms with E-state index in [1.807, 2.05) is 11.8 Å². The molecule has 18 heavy (non-hydrogen) atoms. The zero-order chi connectivity index (χ0) is 13.7. The first-order valence-electron chi connectivity index (χ1n) is 5.70. The summed E-state index contributed by atoms with van der Waals surface area (Å²) in [5, 5.41) is 8.68. The number of aliphatic carboxylic acids is 1. The van der Waals surface area contributed by atoms with Crippen LogP contribution in [0.25, 0.3) is 0 Å². The van der Waals surface area contributed by atoms with Gasteiger partial charge in [0.2, 0.25) is 0 Å². The van der Waals surface area contributed by atoms with Crippen LogP contribution in [0.1, 0.15) is 13.3 Å². The number of carboxylic acids is 1. The number of rotatable bonds is 6. The molecule has 0 bridgehead atoms. The number of carboxylic acid groups (broad SMARTS) is 1. The Morgan fingerprint density at radius 2 is 2.22 bits per heavy atom. The van der Waals surface area contributed by atoms with Gasteiger partial charge in [-0.05, 0) is 18.1 Å². The van der Waals surface area contributed by atoms with E-state index in [0.717, 1.165) is 0 Å². The lowest BCUT2D eigenvalue weighted by molar-refractivity contribution is -0.137. The summed E-state index contributed by atoms with van der Waals surface area (Å²) in [6.45, 7) is 2.41. The number of methoxy groups -OCH3 is 1. The van der Waals surface area contributed by atoms with Crippen LogP contribution in [-0.4, -0.2) is 31.8 Å². The molecule has 1 unspecified atom stereocenters. The molecule has 0 amide bonds. The molecule has 0 aliphatic rings. The summed E-state index contributed by atoms with van der Waals surface area (Å²) < 4.78 is 18.4. The van der Waals surface area contributed by atoms with Gasteiger partial charge in [0.25, 0.3) is 0 Å². The third-order valence-electron chi connectivity index (χ3n) is 2.68. The summed E-state index contributed by atoms with van der Waals surface area (Å²) in [6.07, 6.45) is 0.100. The summed E-state index contributed by atoms with van der Waals surface area (Å²) in [6, 6.07) is 4.69. The van der Waals surface area contributed by atoms with Crippen molar-refractivity contribution in [2.24, 2.45) is 5.92 Å². The number of hydrogen-bond acceptors (Lipinski definition) is 3. The van der Waals surface area contributed by atoms with Crippen LogP contribution in [0.5, 0.6) is 5.75 Å². The standard InChI is InChI=1S/C13H18FNO3/c1-9(6-13(16)17)8-15(2)10-4-5-12(18-3)11(14)7-10/h4-5,7,9H,6,8H2,1-3H3,(H,16,17). The lowest BCUT2D eigenvalue weighted by atomic mass is 10.1. The van der Waals surface area contributed by atoms with Gasteiger partial charge in [-0.15, -0.1) is 0 Å². The normalized spacial score (nSPS) is 12.0. The highest BCUT2D eigenvalue weighted by atomic mass is 19.1. The Bertz CT molecular complexity index is 423. The van der Waals surface area contributed by atoms with E-state index in [4.69, 9.17) is 9.84 Å². The Labute approximate surface area is 106 Å². The summed E-state index contributed by atoms with van der Waals surface area (Å²) in [4.78, 5) is 12.4. The van der Waals surface area contributed by atoms with Crippen molar-refractivity contribution in [1.29, 1.82) is 0 Å². The Morgan fingerprint density at radius 1 is 1.56 bits per heavy atom. The summed E-state index contributed by atoms with van der Waals surface area (Å²) in [5.74, 6) is -1.05. The van der Waals surface area contributed by atoms with Crippen LogP contribution in [0.15, 0.2) is 18.2 Å². The van der Waals surface area contributed by atoms with E-state index in [1.165, 1.54) is 13.2 Å². The molecular formula is C13H18FNO3. The van der Waals surface area contributed by atoms with Gasteiger partial charge in [-0.25, -0.2) is 4.39 Å². The van der Waals surface area contributed by atoms with E-state index in [-0.39, 0.29) is 18.1 Å². The molecule has 0 saturated carbocycles. The lowest BCUT2D eigenvalue weighted by Crippen LogP contribution is -2.25. The van der Waals surface area contributed by atoms with E-state index in [2.05, 4.69) is 0 Å². The van der Waals surface area contributed by atoms with Gasteiger partial charge in [-0.1, -0.05) is 6.92 Å². The fraction of sp³-hybridized carbons (Fsp3) is 0.462. The van der Waals surface area contributed by atoms with Crippen LogP contribution in [0, 0.1) is 11.7 Å². The minimum absolute atomic E-state index is 0.00216.